The Hall–Kier alpha value is -4.14. The molecule has 1 aromatic heterocycles. The number of anilines is 5. The summed E-state index contributed by atoms with van der Waals surface area (Å²) < 4.78 is 9.47. The first-order valence-corrected chi connectivity index (χ1v) is 8.53. The number of hydrogen-bond donors (Lipinski definition) is 3. The Labute approximate surface area is 166 Å². The van der Waals surface area contributed by atoms with Gasteiger partial charge in [0.1, 0.15) is 12.0 Å². The minimum atomic E-state index is -0.482. The Morgan fingerprint density at radius 1 is 0.862 bits per heavy atom. The number of benzene rings is 2. The van der Waals surface area contributed by atoms with Crippen LogP contribution in [0.4, 0.5) is 28.7 Å². The van der Waals surface area contributed by atoms with Crippen molar-refractivity contribution in [1.82, 2.24) is 9.97 Å². The van der Waals surface area contributed by atoms with Crippen molar-refractivity contribution in [3.8, 4) is 0 Å². The minimum Gasteiger partial charge on any atom is -0.465 e. The number of nitrogen functional groups attached to an aromatic ring is 1. The molecule has 3 aromatic rings. The molecule has 9 nitrogen and oxygen atoms in total. The Morgan fingerprint density at radius 3 is 2.14 bits per heavy atom. The maximum absolute atomic E-state index is 11.9. The van der Waals surface area contributed by atoms with E-state index in [-0.39, 0.29) is 5.69 Å². The van der Waals surface area contributed by atoms with Crippen molar-refractivity contribution in [2.24, 2.45) is 0 Å². The average Bonchev–Trinajstić information content (AvgIpc) is 2.76. The molecule has 0 aliphatic carbocycles. The van der Waals surface area contributed by atoms with Gasteiger partial charge in [-0.15, -0.1) is 0 Å². The van der Waals surface area contributed by atoms with Gasteiger partial charge in [0.05, 0.1) is 31.0 Å². The number of carbonyl (C=O) groups excluding carboxylic acids is 2. The maximum Gasteiger partial charge on any atom is 0.339 e. The second-order valence-corrected chi connectivity index (χ2v) is 5.84. The highest BCUT2D eigenvalue weighted by atomic mass is 16.5. The number of rotatable bonds is 6. The molecular weight excluding hydrogens is 374 g/mol. The maximum atomic E-state index is 11.9. The van der Waals surface area contributed by atoms with Crippen LogP contribution in [-0.4, -0.2) is 36.1 Å². The van der Waals surface area contributed by atoms with Gasteiger partial charge in [0.2, 0.25) is 0 Å². The van der Waals surface area contributed by atoms with Crippen molar-refractivity contribution in [3.63, 3.8) is 0 Å². The van der Waals surface area contributed by atoms with Crippen molar-refractivity contribution in [2.45, 2.75) is 0 Å². The van der Waals surface area contributed by atoms with Crippen LogP contribution in [-0.2, 0) is 9.47 Å². The van der Waals surface area contributed by atoms with Crippen molar-refractivity contribution in [2.75, 3.05) is 30.6 Å². The van der Waals surface area contributed by atoms with Crippen molar-refractivity contribution < 1.29 is 19.1 Å². The number of carbonyl (C=O) groups is 2. The lowest BCUT2D eigenvalue weighted by Gasteiger charge is -2.14. The fourth-order valence-electron chi connectivity index (χ4n) is 2.55. The monoisotopic (exact) mass is 393 g/mol. The minimum absolute atomic E-state index is 0.254. The second kappa shape index (κ2) is 8.70. The molecule has 0 saturated heterocycles. The van der Waals surface area contributed by atoms with Crippen molar-refractivity contribution >= 4 is 40.6 Å². The first-order chi connectivity index (χ1) is 14.0. The van der Waals surface area contributed by atoms with Crippen LogP contribution in [0.5, 0.6) is 0 Å². The third kappa shape index (κ3) is 4.41. The number of esters is 2. The molecule has 148 valence electrons. The first-order valence-electron chi connectivity index (χ1n) is 8.53. The lowest BCUT2D eigenvalue weighted by atomic mass is 10.2. The molecule has 3 rings (SSSR count). The smallest absolute Gasteiger partial charge is 0.339 e. The molecule has 29 heavy (non-hydrogen) atoms. The number of nitrogens with zero attached hydrogens (tertiary/aromatic N) is 2. The number of aromatic nitrogens is 2. The van der Waals surface area contributed by atoms with Crippen molar-refractivity contribution in [1.29, 1.82) is 0 Å². The van der Waals surface area contributed by atoms with E-state index in [9.17, 15) is 9.59 Å². The molecule has 0 amide bonds. The molecule has 0 aliphatic rings. The van der Waals surface area contributed by atoms with Crippen molar-refractivity contribution in [3.05, 3.63) is 66.0 Å². The van der Waals surface area contributed by atoms with E-state index in [1.54, 1.807) is 48.5 Å². The van der Waals surface area contributed by atoms with Gasteiger partial charge in [-0.25, -0.2) is 19.6 Å². The van der Waals surface area contributed by atoms with E-state index in [2.05, 4.69) is 25.3 Å². The number of nitrogens with one attached hydrogen (secondary N) is 2. The summed E-state index contributed by atoms with van der Waals surface area (Å²) >= 11 is 0. The molecule has 0 atom stereocenters. The molecule has 4 N–H and O–H groups in total. The molecule has 0 spiro atoms. The van der Waals surface area contributed by atoms with Gasteiger partial charge in [-0.1, -0.05) is 12.1 Å². The summed E-state index contributed by atoms with van der Waals surface area (Å²) in [5.41, 5.74) is 8.39. The Morgan fingerprint density at radius 2 is 1.48 bits per heavy atom. The summed E-state index contributed by atoms with van der Waals surface area (Å²) in [7, 11) is 2.63. The summed E-state index contributed by atoms with van der Waals surface area (Å²) in [6.45, 7) is 0. The van der Waals surface area contributed by atoms with E-state index in [0.29, 0.717) is 34.1 Å². The molecule has 0 unspecified atom stereocenters. The zero-order valence-electron chi connectivity index (χ0n) is 15.8. The number of ether oxygens (including phenoxy) is 2. The Kier molecular flexibility index (Phi) is 5.88. The van der Waals surface area contributed by atoms with Gasteiger partial charge in [0.25, 0.3) is 0 Å². The topological polar surface area (TPSA) is 128 Å². The fraction of sp³-hybridized carbons (Fsp3) is 0.100. The molecule has 2 aromatic carbocycles. The fourth-order valence-corrected chi connectivity index (χ4v) is 2.55. The van der Waals surface area contributed by atoms with Gasteiger partial charge in [0, 0.05) is 5.69 Å². The van der Waals surface area contributed by atoms with Crippen LogP contribution in [0.2, 0.25) is 0 Å². The predicted molar refractivity (Wildman–Crippen MR) is 109 cm³/mol. The largest absolute Gasteiger partial charge is 0.465 e. The molecule has 1 heterocycles. The van der Waals surface area contributed by atoms with E-state index in [0.717, 1.165) is 0 Å². The van der Waals surface area contributed by atoms with Crippen LogP contribution >= 0.6 is 0 Å². The highest BCUT2D eigenvalue weighted by molar-refractivity contribution is 5.97. The van der Waals surface area contributed by atoms with E-state index < -0.39 is 11.9 Å². The van der Waals surface area contributed by atoms with Gasteiger partial charge < -0.3 is 25.8 Å². The molecule has 0 aliphatic heterocycles. The molecule has 0 bridgehead atoms. The van der Waals surface area contributed by atoms with E-state index in [1.165, 1.54) is 20.5 Å². The third-order valence-corrected chi connectivity index (χ3v) is 4.04. The quantitative estimate of drug-likeness (QED) is 0.541. The first kappa shape index (κ1) is 19.6. The van der Waals surface area contributed by atoms with Crippen LogP contribution in [0, 0.1) is 0 Å². The SMILES string of the molecule is COC(=O)c1ccc(Nc2ncnc(Nc3ccccc3C(=O)OC)c2N)cc1. The van der Waals surface area contributed by atoms with Crippen LogP contribution < -0.4 is 16.4 Å². The Balaban J connectivity index is 1.84. The number of para-hydroxylation sites is 1. The zero-order chi connectivity index (χ0) is 20.8. The lowest BCUT2D eigenvalue weighted by molar-refractivity contribution is 0.0592. The summed E-state index contributed by atoms with van der Waals surface area (Å²) in [5, 5.41) is 6.11. The van der Waals surface area contributed by atoms with Crippen LogP contribution in [0.25, 0.3) is 0 Å². The van der Waals surface area contributed by atoms with Gasteiger partial charge in [-0.3, -0.25) is 0 Å². The van der Waals surface area contributed by atoms with Crippen LogP contribution in [0.3, 0.4) is 0 Å². The lowest BCUT2D eigenvalue weighted by Crippen LogP contribution is -2.09. The van der Waals surface area contributed by atoms with Crippen LogP contribution in [0.15, 0.2) is 54.9 Å². The molecule has 0 fully saturated rings. The standard InChI is InChI=1S/C20H19N5O4/c1-28-19(26)12-7-9-13(10-8-12)24-17-16(21)18(23-11-22-17)25-15-6-4-3-5-14(15)20(27)29-2/h3-11H,21H2,1-2H3,(H2,22,23,24,25). The zero-order valence-corrected chi connectivity index (χ0v) is 15.8. The summed E-state index contributed by atoms with van der Waals surface area (Å²) in [5.74, 6) is -0.215. The average molecular weight is 393 g/mol. The van der Waals surface area contributed by atoms with E-state index in [1.807, 2.05) is 0 Å². The van der Waals surface area contributed by atoms with Gasteiger partial charge >= 0.3 is 11.9 Å². The molecular formula is C20H19N5O4. The van der Waals surface area contributed by atoms with Gasteiger partial charge in [-0.05, 0) is 36.4 Å². The van der Waals surface area contributed by atoms with Gasteiger partial charge in [0.15, 0.2) is 11.6 Å². The number of hydrogen-bond acceptors (Lipinski definition) is 9. The highest BCUT2D eigenvalue weighted by Gasteiger charge is 2.14. The van der Waals surface area contributed by atoms with Crippen LogP contribution in [0.1, 0.15) is 20.7 Å². The highest BCUT2D eigenvalue weighted by Crippen LogP contribution is 2.29. The normalized spacial score (nSPS) is 10.1. The number of methoxy groups -OCH3 is 2. The summed E-state index contributed by atoms with van der Waals surface area (Å²) in [6, 6.07) is 13.5. The third-order valence-electron chi connectivity index (χ3n) is 4.04. The molecule has 0 saturated carbocycles. The van der Waals surface area contributed by atoms with E-state index >= 15 is 0 Å². The summed E-state index contributed by atoms with van der Waals surface area (Å²) in [6.07, 6.45) is 1.34. The predicted octanol–water partition coefficient (Wildman–Crippen LogP) is 3.12. The second-order valence-electron chi connectivity index (χ2n) is 5.84. The van der Waals surface area contributed by atoms with Gasteiger partial charge in [-0.2, -0.15) is 0 Å². The molecule has 9 heteroatoms. The number of nitrogens with two attached hydrogens (primary N) is 1. The van der Waals surface area contributed by atoms with E-state index in [4.69, 9.17) is 10.5 Å². The molecule has 0 radical (unpaired) electrons. The summed E-state index contributed by atoms with van der Waals surface area (Å²) in [4.78, 5) is 31.8. The Bertz CT molecular complexity index is 1040.